The number of carbonyl (C=O) groups is 2. The van der Waals surface area contributed by atoms with Crippen LogP contribution in [0.4, 0.5) is 0 Å². The molecule has 0 radical (unpaired) electrons. The summed E-state index contributed by atoms with van der Waals surface area (Å²) < 4.78 is 5.91. The van der Waals surface area contributed by atoms with Gasteiger partial charge in [-0.2, -0.15) is 0 Å². The molecule has 4 saturated carbocycles. The average Bonchev–Trinajstić information content (AvgIpc) is 2.88. The summed E-state index contributed by atoms with van der Waals surface area (Å²) >= 11 is 0. The third kappa shape index (κ3) is 4.02. The van der Waals surface area contributed by atoms with Crippen molar-refractivity contribution in [3.05, 3.63) is 11.6 Å². The zero-order valence-electron chi connectivity index (χ0n) is 26.9. The van der Waals surface area contributed by atoms with Gasteiger partial charge in [0.25, 0.3) is 0 Å². The lowest BCUT2D eigenvalue weighted by atomic mass is 9.33. The molecule has 5 aliphatic carbocycles. The van der Waals surface area contributed by atoms with E-state index in [2.05, 4.69) is 59.9 Å². The number of nitrogens with one attached hydrogen (secondary N) is 1. The topological polar surface area (TPSA) is 75.6 Å². The van der Waals surface area contributed by atoms with Gasteiger partial charge in [0.1, 0.15) is 6.10 Å². The highest BCUT2D eigenvalue weighted by Gasteiger charge is 2.69. The quantitative estimate of drug-likeness (QED) is 0.287. The maximum Gasteiger partial charge on any atom is 0.302 e. The molecule has 11 atom stereocenters. The lowest BCUT2D eigenvalue weighted by Crippen LogP contribution is -2.66. The van der Waals surface area contributed by atoms with Gasteiger partial charge >= 0.3 is 5.97 Å². The van der Waals surface area contributed by atoms with Crippen molar-refractivity contribution in [2.45, 2.75) is 132 Å². The number of amides is 1. The van der Waals surface area contributed by atoms with E-state index in [1.165, 1.54) is 12.8 Å². The van der Waals surface area contributed by atoms with Crippen LogP contribution in [0.3, 0.4) is 0 Å². The Kier molecular flexibility index (Phi) is 7.41. The number of fused-ring (bicyclic) bond motifs is 7. The van der Waals surface area contributed by atoms with Crippen molar-refractivity contribution in [1.82, 2.24) is 5.32 Å². The molecule has 0 bridgehead atoms. The van der Waals surface area contributed by atoms with E-state index < -0.39 is 0 Å². The SMILES string of the molecule is CC(=O)OC1CC[C@@]2(C)C(CC[C@]3(C)C2CC=C2C4[C@@H](C)[C@H](C)CC[C@]4(C(=O)NC(C)CO)CC[C@]23C)C1(C)C. The molecule has 0 heterocycles. The third-order valence-corrected chi connectivity index (χ3v) is 14.3. The number of hydrogen-bond acceptors (Lipinski definition) is 4. The molecular weight excluding hydrogens is 498 g/mol. The van der Waals surface area contributed by atoms with Gasteiger partial charge in [-0.15, -0.1) is 0 Å². The van der Waals surface area contributed by atoms with Crippen molar-refractivity contribution in [2.75, 3.05) is 6.61 Å². The highest BCUT2D eigenvalue weighted by molar-refractivity contribution is 5.84. The number of aliphatic hydroxyl groups excluding tert-OH is 1. The minimum atomic E-state index is -0.366. The molecule has 226 valence electrons. The van der Waals surface area contributed by atoms with E-state index in [-0.39, 0.29) is 63.6 Å². The number of allylic oxidation sites excluding steroid dienone is 2. The molecule has 40 heavy (non-hydrogen) atoms. The van der Waals surface area contributed by atoms with Crippen LogP contribution in [0.2, 0.25) is 0 Å². The first-order valence-corrected chi connectivity index (χ1v) is 16.4. The summed E-state index contributed by atoms with van der Waals surface area (Å²) in [4.78, 5) is 26.0. The van der Waals surface area contributed by atoms with Crippen LogP contribution in [0.5, 0.6) is 0 Å². The second-order valence-electron chi connectivity index (χ2n) is 16.3. The Morgan fingerprint density at radius 2 is 1.70 bits per heavy atom. The Balaban J connectivity index is 1.55. The van der Waals surface area contributed by atoms with Crippen molar-refractivity contribution in [3.63, 3.8) is 0 Å². The molecule has 5 rings (SSSR count). The van der Waals surface area contributed by atoms with E-state index in [0.717, 1.165) is 44.9 Å². The Bertz CT molecular complexity index is 1070. The van der Waals surface area contributed by atoms with Crippen molar-refractivity contribution in [2.24, 2.45) is 56.7 Å². The minimum Gasteiger partial charge on any atom is -0.462 e. The predicted octanol–water partition coefficient (Wildman–Crippen LogP) is 7.07. The minimum absolute atomic E-state index is 0.00240. The van der Waals surface area contributed by atoms with Gasteiger partial charge in [-0.25, -0.2) is 0 Å². The van der Waals surface area contributed by atoms with Crippen LogP contribution in [-0.4, -0.2) is 35.7 Å². The number of carbonyl (C=O) groups excluding carboxylic acids is 2. The van der Waals surface area contributed by atoms with Gasteiger partial charge in [-0.1, -0.05) is 60.1 Å². The maximum absolute atomic E-state index is 14.0. The molecule has 0 saturated heterocycles. The smallest absolute Gasteiger partial charge is 0.302 e. The fraction of sp³-hybridized carbons (Fsp3) is 0.886. The van der Waals surface area contributed by atoms with E-state index in [0.29, 0.717) is 23.7 Å². The molecule has 0 aliphatic heterocycles. The molecule has 5 heteroatoms. The van der Waals surface area contributed by atoms with Crippen molar-refractivity contribution in [1.29, 1.82) is 0 Å². The summed E-state index contributed by atoms with van der Waals surface area (Å²) in [5, 5.41) is 12.9. The fourth-order valence-corrected chi connectivity index (χ4v) is 11.7. The average molecular weight is 556 g/mol. The fourth-order valence-electron chi connectivity index (χ4n) is 11.7. The van der Waals surface area contributed by atoms with E-state index >= 15 is 0 Å². The van der Waals surface area contributed by atoms with Gasteiger partial charge in [-0.3, -0.25) is 9.59 Å². The Morgan fingerprint density at radius 3 is 2.35 bits per heavy atom. The van der Waals surface area contributed by atoms with Crippen LogP contribution < -0.4 is 5.32 Å². The monoisotopic (exact) mass is 555 g/mol. The highest BCUT2D eigenvalue weighted by atomic mass is 16.5. The van der Waals surface area contributed by atoms with Crippen LogP contribution >= 0.6 is 0 Å². The number of rotatable bonds is 4. The maximum atomic E-state index is 14.0. The van der Waals surface area contributed by atoms with E-state index in [1.54, 1.807) is 12.5 Å². The molecule has 0 aromatic heterocycles. The van der Waals surface area contributed by atoms with E-state index in [9.17, 15) is 14.7 Å². The number of hydrogen-bond donors (Lipinski definition) is 2. The highest BCUT2D eigenvalue weighted by Crippen LogP contribution is 2.75. The summed E-state index contributed by atoms with van der Waals surface area (Å²) in [5.41, 5.74) is 1.62. The molecule has 0 aromatic rings. The van der Waals surface area contributed by atoms with Crippen LogP contribution in [0.25, 0.3) is 0 Å². The second kappa shape index (κ2) is 9.85. The lowest BCUT2D eigenvalue weighted by molar-refractivity contribution is -0.212. The van der Waals surface area contributed by atoms with Crippen molar-refractivity contribution >= 4 is 11.9 Å². The van der Waals surface area contributed by atoms with Gasteiger partial charge in [0, 0.05) is 18.4 Å². The van der Waals surface area contributed by atoms with Crippen LogP contribution in [0.15, 0.2) is 11.6 Å². The van der Waals surface area contributed by atoms with Crippen LogP contribution in [-0.2, 0) is 14.3 Å². The summed E-state index contributed by atoms with van der Waals surface area (Å²) in [5.74, 6) is 2.45. The first-order valence-electron chi connectivity index (χ1n) is 16.4. The summed E-state index contributed by atoms with van der Waals surface area (Å²) in [6, 6.07) is -0.214. The number of esters is 1. The number of aliphatic hydroxyl groups is 1. The Morgan fingerprint density at radius 1 is 1.00 bits per heavy atom. The summed E-state index contributed by atoms with van der Waals surface area (Å²) in [7, 11) is 0. The largest absolute Gasteiger partial charge is 0.462 e. The Labute approximate surface area is 243 Å². The molecule has 5 nitrogen and oxygen atoms in total. The van der Waals surface area contributed by atoms with Crippen molar-refractivity contribution < 1.29 is 19.4 Å². The Hall–Kier alpha value is -1.36. The molecular formula is C35H57NO4. The lowest BCUT2D eigenvalue weighted by Gasteiger charge is -2.71. The first kappa shape index (κ1) is 30.1. The molecule has 2 N–H and O–H groups in total. The summed E-state index contributed by atoms with van der Waals surface area (Å²) in [6.07, 6.45) is 12.2. The molecule has 1 amide bonds. The van der Waals surface area contributed by atoms with E-state index in [1.807, 2.05) is 6.92 Å². The van der Waals surface area contributed by atoms with Gasteiger partial charge < -0.3 is 15.2 Å². The molecule has 5 aliphatic rings. The van der Waals surface area contributed by atoms with Gasteiger partial charge in [0.2, 0.25) is 5.91 Å². The zero-order chi connectivity index (χ0) is 29.5. The van der Waals surface area contributed by atoms with Crippen LogP contribution in [0.1, 0.15) is 120 Å². The molecule has 4 fully saturated rings. The van der Waals surface area contributed by atoms with Crippen molar-refractivity contribution in [3.8, 4) is 0 Å². The predicted molar refractivity (Wildman–Crippen MR) is 159 cm³/mol. The standard InChI is InChI=1S/C35H57NO4/c1-21-12-17-35(30(39)36-22(2)20-37)19-18-33(8)25(29(35)23(21)3)10-11-27-32(7)15-14-28(40-24(4)38)31(5,6)26(32)13-16-34(27,33)9/h10,21-23,26-29,37H,11-20H2,1-9H3,(H,36,39)/t21-,22?,23+,26?,27?,28?,29?,32+,33-,34-,35+/m1/s1. The third-order valence-electron chi connectivity index (χ3n) is 14.3. The van der Waals surface area contributed by atoms with E-state index in [4.69, 9.17) is 4.74 Å². The molecule has 0 aromatic carbocycles. The second-order valence-corrected chi connectivity index (χ2v) is 16.3. The van der Waals surface area contributed by atoms with Crippen LogP contribution in [0, 0.1) is 56.7 Å². The van der Waals surface area contributed by atoms with Gasteiger partial charge in [-0.05, 0) is 111 Å². The summed E-state index contributed by atoms with van der Waals surface area (Å²) in [6.45, 7) is 20.7. The number of ether oxygens (including phenoxy) is 1. The first-order chi connectivity index (χ1) is 18.6. The molecule has 0 spiro atoms. The van der Waals surface area contributed by atoms with Gasteiger partial charge in [0.05, 0.1) is 12.0 Å². The molecule has 5 unspecified atom stereocenters. The zero-order valence-corrected chi connectivity index (χ0v) is 26.9. The normalized spacial score (nSPS) is 48.3. The van der Waals surface area contributed by atoms with Gasteiger partial charge in [0.15, 0.2) is 0 Å².